The Bertz CT molecular complexity index is 675. The Morgan fingerprint density at radius 2 is 1.95 bits per heavy atom. The van der Waals surface area contributed by atoms with E-state index in [0.717, 1.165) is 0 Å². The van der Waals surface area contributed by atoms with E-state index in [1.807, 2.05) is 13.8 Å². The minimum atomic E-state index is -1.21. The number of aromatic nitrogens is 1. The van der Waals surface area contributed by atoms with Crippen LogP contribution in [0.2, 0.25) is 0 Å². The first-order valence-electron chi connectivity index (χ1n) is 7.25. The summed E-state index contributed by atoms with van der Waals surface area (Å²) in [4.78, 5) is 39.6. The number of ether oxygens (including phenoxy) is 1. The highest BCUT2D eigenvalue weighted by molar-refractivity contribution is 6.00. The number of rotatable bonds is 2. The highest BCUT2D eigenvalue weighted by Crippen LogP contribution is 2.36. The number of Topliss-reactive ketones (excluding diaryl/α,β-unsaturated/α-hetero) is 1. The van der Waals surface area contributed by atoms with Gasteiger partial charge in [-0.15, -0.1) is 0 Å². The van der Waals surface area contributed by atoms with Crippen molar-refractivity contribution in [1.29, 1.82) is 0 Å². The third-order valence-corrected chi connectivity index (χ3v) is 4.09. The molecule has 2 aliphatic rings. The Labute approximate surface area is 127 Å². The van der Waals surface area contributed by atoms with Crippen LogP contribution in [0.3, 0.4) is 0 Å². The predicted octanol–water partition coefficient (Wildman–Crippen LogP) is 1.86. The highest BCUT2D eigenvalue weighted by Gasteiger charge is 2.44. The van der Waals surface area contributed by atoms with Crippen LogP contribution < -0.4 is 5.32 Å². The number of carbonyl (C=O) groups excluding carboxylic acids is 3. The highest BCUT2D eigenvalue weighted by atomic mass is 16.6. The minimum absolute atomic E-state index is 0.0229. The molecule has 0 radical (unpaired) electrons. The van der Waals surface area contributed by atoms with Gasteiger partial charge in [0.2, 0.25) is 0 Å². The lowest BCUT2D eigenvalue weighted by Crippen LogP contribution is -2.39. The lowest BCUT2D eigenvalue weighted by atomic mass is 9.78. The van der Waals surface area contributed by atoms with E-state index in [0.29, 0.717) is 25.0 Å². The summed E-state index contributed by atoms with van der Waals surface area (Å²) in [6, 6.07) is -0.0229. The number of nitrogens with one attached hydrogen (secondary N) is 1. The first-order valence-corrected chi connectivity index (χ1v) is 7.25. The van der Waals surface area contributed by atoms with E-state index < -0.39 is 17.5 Å². The van der Waals surface area contributed by atoms with Gasteiger partial charge >= 0.3 is 12.0 Å². The van der Waals surface area contributed by atoms with E-state index in [1.165, 1.54) is 0 Å². The average Bonchev–Trinajstić information content (AvgIpc) is 2.92. The largest absolute Gasteiger partial charge is 0.449 e. The number of carbonyl (C=O) groups is 3. The zero-order valence-corrected chi connectivity index (χ0v) is 12.8. The summed E-state index contributed by atoms with van der Waals surface area (Å²) in [6.45, 7) is 5.51. The summed E-state index contributed by atoms with van der Waals surface area (Å²) in [5, 5.41) is 2.50. The van der Waals surface area contributed by atoms with E-state index in [-0.39, 0.29) is 29.3 Å². The number of fused-ring (bicyclic) bond motifs is 1. The average molecular weight is 306 g/mol. The van der Waals surface area contributed by atoms with Crippen LogP contribution in [-0.2, 0) is 20.7 Å². The number of esters is 1. The van der Waals surface area contributed by atoms with Crippen molar-refractivity contribution in [2.45, 2.75) is 52.1 Å². The maximum Gasteiger partial charge on any atom is 0.307 e. The Balaban J connectivity index is 1.79. The number of nitrogens with zero attached hydrogens (tertiary/aromatic N) is 1. The first-order chi connectivity index (χ1) is 10.2. The summed E-state index contributed by atoms with van der Waals surface area (Å²) < 4.78 is 10.6. The van der Waals surface area contributed by atoms with Crippen LogP contribution >= 0.6 is 0 Å². The molecule has 0 bridgehead atoms. The maximum absolute atomic E-state index is 12.2. The molecule has 0 spiro atoms. The SMILES string of the molecule is CC1(C)CC(=O)c2nc(NC(=O)C3(C)CCC(=O)O3)oc2C1. The van der Waals surface area contributed by atoms with Crippen molar-refractivity contribution in [3.63, 3.8) is 0 Å². The standard InChI is InChI=1S/C15H18N2O5/c1-14(2)6-8(18)11-9(7-14)21-13(16-11)17-12(20)15(3)5-4-10(19)22-15/h4-7H2,1-3H3,(H,16,17,20). The third-order valence-electron chi connectivity index (χ3n) is 4.09. The van der Waals surface area contributed by atoms with E-state index in [2.05, 4.69) is 10.3 Å². The maximum atomic E-state index is 12.2. The van der Waals surface area contributed by atoms with Gasteiger partial charge in [0.25, 0.3) is 5.91 Å². The molecule has 1 aromatic heterocycles. The Morgan fingerprint density at radius 3 is 2.59 bits per heavy atom. The second-order valence-electron chi connectivity index (χ2n) is 6.89. The predicted molar refractivity (Wildman–Crippen MR) is 75.3 cm³/mol. The molecule has 1 aromatic rings. The molecule has 1 amide bonds. The van der Waals surface area contributed by atoms with Crippen LogP contribution in [0.4, 0.5) is 6.01 Å². The van der Waals surface area contributed by atoms with Crippen LogP contribution in [0, 0.1) is 5.41 Å². The third kappa shape index (κ3) is 2.51. The fourth-order valence-electron chi connectivity index (χ4n) is 2.84. The van der Waals surface area contributed by atoms with Crippen LogP contribution in [0.1, 0.15) is 56.3 Å². The van der Waals surface area contributed by atoms with Crippen molar-refractivity contribution < 1.29 is 23.5 Å². The molecule has 1 unspecified atom stereocenters. The number of hydrogen-bond acceptors (Lipinski definition) is 6. The van der Waals surface area contributed by atoms with E-state index >= 15 is 0 Å². The van der Waals surface area contributed by atoms with Gasteiger partial charge in [0, 0.05) is 25.7 Å². The summed E-state index contributed by atoms with van der Waals surface area (Å²) in [6.07, 6.45) is 1.50. The number of cyclic esters (lactones) is 1. The molecule has 1 saturated heterocycles. The Kier molecular flexibility index (Phi) is 3.12. The number of ketones is 1. The summed E-state index contributed by atoms with van der Waals surface area (Å²) in [5.41, 5.74) is -1.11. The van der Waals surface area contributed by atoms with Crippen LogP contribution in [0.25, 0.3) is 0 Å². The van der Waals surface area contributed by atoms with Gasteiger partial charge < -0.3 is 9.15 Å². The van der Waals surface area contributed by atoms with Gasteiger partial charge in [0.05, 0.1) is 0 Å². The van der Waals surface area contributed by atoms with Crippen LogP contribution in [0.5, 0.6) is 0 Å². The van der Waals surface area contributed by atoms with E-state index in [4.69, 9.17) is 9.15 Å². The molecule has 0 aromatic carbocycles. The van der Waals surface area contributed by atoms with Gasteiger partial charge in [-0.3, -0.25) is 19.7 Å². The number of oxazole rings is 1. The monoisotopic (exact) mass is 306 g/mol. The molecule has 3 rings (SSSR count). The van der Waals surface area contributed by atoms with Gasteiger partial charge in [-0.25, -0.2) is 0 Å². The second kappa shape index (κ2) is 4.66. The van der Waals surface area contributed by atoms with Gasteiger partial charge in [-0.2, -0.15) is 4.98 Å². The Morgan fingerprint density at radius 1 is 1.23 bits per heavy atom. The zero-order valence-electron chi connectivity index (χ0n) is 12.8. The zero-order chi connectivity index (χ0) is 16.1. The summed E-state index contributed by atoms with van der Waals surface area (Å²) in [5.74, 6) is -0.496. The van der Waals surface area contributed by atoms with Crippen molar-refractivity contribution in [1.82, 2.24) is 4.98 Å². The second-order valence-corrected chi connectivity index (χ2v) is 6.89. The number of hydrogen-bond donors (Lipinski definition) is 1. The van der Waals surface area contributed by atoms with Crippen molar-refractivity contribution in [2.24, 2.45) is 5.41 Å². The van der Waals surface area contributed by atoms with Crippen molar-refractivity contribution in [3.8, 4) is 0 Å². The topological polar surface area (TPSA) is 98.5 Å². The van der Waals surface area contributed by atoms with Gasteiger partial charge in [-0.05, 0) is 12.3 Å². The molecule has 7 nitrogen and oxygen atoms in total. The molecule has 7 heteroatoms. The molecule has 1 fully saturated rings. The molecule has 2 heterocycles. The Hall–Kier alpha value is -2.18. The van der Waals surface area contributed by atoms with Gasteiger partial charge in [0.15, 0.2) is 11.4 Å². The molecule has 1 aliphatic heterocycles. The van der Waals surface area contributed by atoms with Gasteiger partial charge in [-0.1, -0.05) is 13.8 Å². The molecule has 22 heavy (non-hydrogen) atoms. The quantitative estimate of drug-likeness (QED) is 0.837. The van der Waals surface area contributed by atoms with Crippen molar-refractivity contribution >= 4 is 23.7 Å². The molecule has 1 atom stereocenters. The first kappa shape index (κ1) is 14.7. The lowest BCUT2D eigenvalue weighted by molar-refractivity contribution is -0.154. The fourth-order valence-corrected chi connectivity index (χ4v) is 2.84. The van der Waals surface area contributed by atoms with E-state index in [1.54, 1.807) is 6.92 Å². The van der Waals surface area contributed by atoms with Crippen LogP contribution in [0.15, 0.2) is 4.42 Å². The molecular weight excluding hydrogens is 288 g/mol. The molecule has 0 saturated carbocycles. The summed E-state index contributed by atoms with van der Waals surface area (Å²) in [7, 11) is 0. The molecule has 118 valence electrons. The fraction of sp³-hybridized carbons (Fsp3) is 0.600. The number of amides is 1. The minimum Gasteiger partial charge on any atom is -0.449 e. The molecule has 1 N–H and O–H groups in total. The van der Waals surface area contributed by atoms with Crippen molar-refractivity contribution in [3.05, 3.63) is 11.5 Å². The van der Waals surface area contributed by atoms with E-state index in [9.17, 15) is 14.4 Å². The summed E-state index contributed by atoms with van der Waals surface area (Å²) >= 11 is 0. The lowest BCUT2D eigenvalue weighted by Gasteiger charge is -2.25. The normalized spacial score (nSPS) is 26.5. The van der Waals surface area contributed by atoms with Gasteiger partial charge in [0.1, 0.15) is 11.5 Å². The molecule has 1 aliphatic carbocycles. The number of anilines is 1. The smallest absolute Gasteiger partial charge is 0.307 e. The molecular formula is C15H18N2O5. The van der Waals surface area contributed by atoms with Crippen LogP contribution in [-0.4, -0.2) is 28.2 Å². The van der Waals surface area contributed by atoms with Crippen molar-refractivity contribution in [2.75, 3.05) is 5.32 Å².